The molecule has 5 heteroatoms. The normalized spacial score (nSPS) is 16.2. The summed E-state index contributed by atoms with van der Waals surface area (Å²) in [5.74, 6) is 1.63. The molecule has 0 unspecified atom stereocenters. The maximum Gasteiger partial charge on any atom is 0.223 e. The first-order valence-corrected chi connectivity index (χ1v) is 7.00. The highest BCUT2D eigenvalue weighted by atomic mass is 19.1. The average molecular weight is 272 g/mol. The molecule has 20 heavy (non-hydrogen) atoms. The summed E-state index contributed by atoms with van der Waals surface area (Å²) < 4.78 is 13.0. The van der Waals surface area contributed by atoms with E-state index >= 15 is 0 Å². The first-order valence-electron chi connectivity index (χ1n) is 7.00. The lowest BCUT2D eigenvalue weighted by molar-refractivity contribution is 0.428. The summed E-state index contributed by atoms with van der Waals surface area (Å²) in [5, 5.41) is 0. The topological polar surface area (TPSA) is 64.7 Å². The van der Waals surface area contributed by atoms with Crippen LogP contribution in [-0.2, 0) is 0 Å². The highest BCUT2D eigenvalue weighted by Crippen LogP contribution is 2.31. The van der Waals surface area contributed by atoms with Crippen LogP contribution in [0.4, 0.5) is 10.3 Å². The van der Waals surface area contributed by atoms with Crippen LogP contribution in [0, 0.1) is 5.82 Å². The Labute approximate surface area is 117 Å². The van der Waals surface area contributed by atoms with Crippen molar-refractivity contribution in [2.24, 2.45) is 0 Å². The fraction of sp³-hybridized carbons (Fsp3) is 0.400. The third-order valence-electron chi connectivity index (χ3n) is 3.74. The largest absolute Gasteiger partial charge is 0.368 e. The Bertz CT molecular complexity index is 591. The molecule has 3 rings (SSSR count). The van der Waals surface area contributed by atoms with E-state index in [2.05, 4.69) is 15.0 Å². The van der Waals surface area contributed by atoms with Crippen LogP contribution in [0.5, 0.6) is 0 Å². The van der Waals surface area contributed by atoms with Gasteiger partial charge < -0.3 is 5.73 Å². The van der Waals surface area contributed by atoms with E-state index in [1.165, 1.54) is 31.4 Å². The number of nitrogens with zero attached hydrogens (tertiary/aromatic N) is 3. The molecule has 0 bridgehead atoms. The standard InChI is InChI=1S/C15H17FN4/c16-12-8-6-11(7-9-12)14-18-13(19-15(17)20-14)10-4-2-1-3-5-10/h6-10H,1-5H2,(H2,17,18,19,20). The van der Waals surface area contributed by atoms with Gasteiger partial charge in [-0.15, -0.1) is 0 Å². The molecule has 1 aliphatic rings. The van der Waals surface area contributed by atoms with Gasteiger partial charge in [0.1, 0.15) is 11.6 Å². The van der Waals surface area contributed by atoms with Gasteiger partial charge in [0.05, 0.1) is 0 Å². The molecule has 1 saturated carbocycles. The van der Waals surface area contributed by atoms with Crippen LogP contribution in [0.1, 0.15) is 43.8 Å². The summed E-state index contributed by atoms with van der Waals surface area (Å²) in [6, 6.07) is 6.12. The minimum Gasteiger partial charge on any atom is -0.368 e. The number of nitrogens with two attached hydrogens (primary N) is 1. The zero-order valence-electron chi connectivity index (χ0n) is 11.2. The predicted octanol–water partition coefficient (Wildman–Crippen LogP) is 3.31. The summed E-state index contributed by atoms with van der Waals surface area (Å²) >= 11 is 0. The monoisotopic (exact) mass is 272 g/mol. The fourth-order valence-electron chi connectivity index (χ4n) is 2.68. The molecule has 1 aromatic carbocycles. The van der Waals surface area contributed by atoms with E-state index in [1.807, 2.05) is 0 Å². The van der Waals surface area contributed by atoms with Crippen molar-refractivity contribution >= 4 is 5.95 Å². The summed E-state index contributed by atoms with van der Waals surface area (Å²) in [4.78, 5) is 13.0. The minimum absolute atomic E-state index is 0.236. The average Bonchev–Trinajstić information content (AvgIpc) is 2.48. The maximum atomic E-state index is 13.0. The molecule has 1 heterocycles. The quantitative estimate of drug-likeness (QED) is 0.911. The van der Waals surface area contributed by atoms with Crippen molar-refractivity contribution in [2.75, 3.05) is 5.73 Å². The van der Waals surface area contributed by atoms with Crippen molar-refractivity contribution in [2.45, 2.75) is 38.0 Å². The molecule has 1 aliphatic carbocycles. The van der Waals surface area contributed by atoms with Crippen molar-refractivity contribution in [3.63, 3.8) is 0 Å². The molecule has 0 radical (unpaired) electrons. The molecular formula is C15H17FN4. The second-order valence-corrected chi connectivity index (χ2v) is 5.22. The number of rotatable bonds is 2. The van der Waals surface area contributed by atoms with Crippen LogP contribution in [0.2, 0.25) is 0 Å². The number of halogens is 1. The van der Waals surface area contributed by atoms with Gasteiger partial charge in [-0.05, 0) is 37.1 Å². The molecule has 2 N–H and O–H groups in total. The third kappa shape index (κ3) is 2.76. The van der Waals surface area contributed by atoms with Crippen LogP contribution in [0.15, 0.2) is 24.3 Å². The minimum atomic E-state index is -0.275. The molecule has 0 spiro atoms. The summed E-state index contributed by atoms with van der Waals surface area (Å²) in [5.41, 5.74) is 6.56. The lowest BCUT2D eigenvalue weighted by Gasteiger charge is -2.20. The lowest BCUT2D eigenvalue weighted by Crippen LogP contribution is -2.12. The van der Waals surface area contributed by atoms with Crippen molar-refractivity contribution in [1.29, 1.82) is 0 Å². The first kappa shape index (κ1) is 13.0. The number of hydrogen-bond donors (Lipinski definition) is 1. The molecule has 0 atom stereocenters. The highest BCUT2D eigenvalue weighted by molar-refractivity contribution is 5.55. The summed E-state index contributed by atoms with van der Waals surface area (Å²) in [6.07, 6.45) is 5.91. The van der Waals surface area contributed by atoms with Gasteiger partial charge in [0, 0.05) is 11.5 Å². The lowest BCUT2D eigenvalue weighted by atomic mass is 9.89. The van der Waals surface area contributed by atoms with E-state index in [4.69, 9.17) is 5.73 Å². The second-order valence-electron chi connectivity index (χ2n) is 5.22. The molecule has 2 aromatic rings. The Hall–Kier alpha value is -2.04. The second kappa shape index (κ2) is 5.53. The van der Waals surface area contributed by atoms with E-state index in [0.29, 0.717) is 11.7 Å². The van der Waals surface area contributed by atoms with E-state index in [9.17, 15) is 4.39 Å². The smallest absolute Gasteiger partial charge is 0.223 e. The Morgan fingerprint density at radius 3 is 2.35 bits per heavy atom. The number of aromatic nitrogens is 3. The molecule has 1 aromatic heterocycles. The number of hydrogen-bond acceptors (Lipinski definition) is 4. The van der Waals surface area contributed by atoms with Crippen molar-refractivity contribution in [3.05, 3.63) is 35.9 Å². The summed E-state index contributed by atoms with van der Waals surface area (Å²) in [6.45, 7) is 0. The van der Waals surface area contributed by atoms with Gasteiger partial charge in [0.15, 0.2) is 5.82 Å². The number of nitrogen functional groups attached to an aromatic ring is 1. The maximum absolute atomic E-state index is 13.0. The predicted molar refractivity (Wildman–Crippen MR) is 75.5 cm³/mol. The van der Waals surface area contributed by atoms with Gasteiger partial charge in [-0.25, -0.2) is 9.37 Å². The molecule has 0 aliphatic heterocycles. The van der Waals surface area contributed by atoms with Crippen molar-refractivity contribution in [1.82, 2.24) is 15.0 Å². The first-order chi connectivity index (χ1) is 9.72. The molecule has 1 fully saturated rings. The molecule has 0 amide bonds. The third-order valence-corrected chi connectivity index (χ3v) is 3.74. The molecule has 4 nitrogen and oxygen atoms in total. The highest BCUT2D eigenvalue weighted by Gasteiger charge is 2.20. The number of benzene rings is 1. The van der Waals surface area contributed by atoms with E-state index in [-0.39, 0.29) is 11.8 Å². The van der Waals surface area contributed by atoms with Gasteiger partial charge in [-0.3, -0.25) is 0 Å². The molecule has 0 saturated heterocycles. The van der Waals surface area contributed by atoms with Gasteiger partial charge in [-0.2, -0.15) is 9.97 Å². The van der Waals surface area contributed by atoms with Gasteiger partial charge >= 0.3 is 0 Å². The van der Waals surface area contributed by atoms with Crippen molar-refractivity contribution < 1.29 is 4.39 Å². The van der Waals surface area contributed by atoms with Crippen molar-refractivity contribution in [3.8, 4) is 11.4 Å². The Balaban J connectivity index is 1.95. The van der Waals surface area contributed by atoms with Crippen LogP contribution in [0.25, 0.3) is 11.4 Å². The Morgan fingerprint density at radius 2 is 1.65 bits per heavy atom. The number of anilines is 1. The van der Waals surface area contributed by atoms with E-state index < -0.39 is 0 Å². The summed E-state index contributed by atoms with van der Waals surface area (Å²) in [7, 11) is 0. The van der Waals surface area contributed by atoms with Gasteiger partial charge in [-0.1, -0.05) is 19.3 Å². The molecule has 104 valence electrons. The van der Waals surface area contributed by atoms with Crippen LogP contribution in [0.3, 0.4) is 0 Å². The van der Waals surface area contributed by atoms with Crippen LogP contribution in [-0.4, -0.2) is 15.0 Å². The van der Waals surface area contributed by atoms with Crippen LogP contribution >= 0.6 is 0 Å². The van der Waals surface area contributed by atoms with Crippen LogP contribution < -0.4 is 5.73 Å². The Kier molecular flexibility index (Phi) is 3.58. The molecular weight excluding hydrogens is 255 g/mol. The fourth-order valence-corrected chi connectivity index (χ4v) is 2.68. The van der Waals surface area contributed by atoms with E-state index in [1.54, 1.807) is 12.1 Å². The van der Waals surface area contributed by atoms with E-state index in [0.717, 1.165) is 24.2 Å². The van der Waals surface area contributed by atoms with Gasteiger partial charge in [0.2, 0.25) is 5.95 Å². The SMILES string of the molecule is Nc1nc(-c2ccc(F)cc2)nc(C2CCCCC2)n1. The van der Waals surface area contributed by atoms with Gasteiger partial charge in [0.25, 0.3) is 0 Å². The zero-order valence-corrected chi connectivity index (χ0v) is 11.2. The zero-order chi connectivity index (χ0) is 13.9. The Morgan fingerprint density at radius 1 is 0.950 bits per heavy atom.